The molecule has 7 nitrogen and oxygen atoms in total. The minimum atomic E-state index is -1.06. The third kappa shape index (κ3) is 7.94. The first-order chi connectivity index (χ1) is 12.8. The van der Waals surface area contributed by atoms with Gasteiger partial charge in [0.05, 0.1) is 6.61 Å². The van der Waals surface area contributed by atoms with Crippen molar-refractivity contribution in [2.75, 3.05) is 20.8 Å². The van der Waals surface area contributed by atoms with Gasteiger partial charge in [-0.05, 0) is 18.4 Å². The number of nitrogens with one attached hydrogen (secondary N) is 1. The molecule has 0 fully saturated rings. The van der Waals surface area contributed by atoms with Crippen molar-refractivity contribution in [1.82, 2.24) is 9.55 Å². The standard InChI is InChI=1S/C15H18N2O2.C4H11O3P.H3P/c1-10(2)13-12(9-11-7-5-4-6-8-11)17(3)15(19)16-14(13)18;1-4-7-8(5-2)6-3;/h4-8,10H,9H2,1-3H3,(H,16,18,19);4H2,1-3H3;1H3. The minimum absolute atomic E-state index is 0. The summed E-state index contributed by atoms with van der Waals surface area (Å²) in [5, 5.41) is 0. The van der Waals surface area contributed by atoms with Gasteiger partial charge in [-0.2, -0.15) is 9.90 Å². The molecule has 1 unspecified atom stereocenters. The summed E-state index contributed by atoms with van der Waals surface area (Å²) in [6.45, 7) is 6.45. The lowest BCUT2D eigenvalue weighted by Gasteiger charge is -2.15. The van der Waals surface area contributed by atoms with Crippen molar-refractivity contribution >= 4 is 18.5 Å². The highest BCUT2D eigenvalue weighted by Gasteiger charge is 2.15. The summed E-state index contributed by atoms with van der Waals surface area (Å²) in [6.07, 6.45) is 0.587. The molecule has 1 aromatic carbocycles. The van der Waals surface area contributed by atoms with E-state index in [1.165, 1.54) is 4.57 Å². The van der Waals surface area contributed by atoms with Crippen molar-refractivity contribution < 1.29 is 13.6 Å². The molecule has 0 spiro atoms. The molecule has 158 valence electrons. The maximum atomic E-state index is 12.0. The quantitative estimate of drug-likeness (QED) is 0.681. The van der Waals surface area contributed by atoms with Crippen LogP contribution in [0.1, 0.15) is 43.5 Å². The first kappa shape index (κ1) is 26.6. The largest absolute Gasteiger partial charge is 0.332 e. The van der Waals surface area contributed by atoms with Crippen LogP contribution < -0.4 is 11.2 Å². The number of rotatable bonds is 7. The molecule has 0 aliphatic carbocycles. The molecule has 0 bridgehead atoms. The Kier molecular flexibility index (Phi) is 13.1. The first-order valence-electron chi connectivity index (χ1n) is 8.72. The van der Waals surface area contributed by atoms with E-state index in [0.29, 0.717) is 18.6 Å². The number of H-pyrrole nitrogens is 1. The Morgan fingerprint density at radius 1 is 1.11 bits per heavy atom. The van der Waals surface area contributed by atoms with Gasteiger partial charge in [0, 0.05) is 38.9 Å². The third-order valence-corrected chi connectivity index (χ3v) is 4.88. The molecule has 1 atom stereocenters. The van der Waals surface area contributed by atoms with Crippen molar-refractivity contribution in [1.29, 1.82) is 0 Å². The van der Waals surface area contributed by atoms with Crippen molar-refractivity contribution in [3.8, 4) is 0 Å². The first-order valence-corrected chi connectivity index (χ1v) is 9.82. The van der Waals surface area contributed by atoms with Gasteiger partial charge >= 0.3 is 14.3 Å². The number of aromatic nitrogens is 2. The van der Waals surface area contributed by atoms with Crippen LogP contribution in [0.25, 0.3) is 0 Å². The van der Waals surface area contributed by atoms with Crippen LogP contribution in [0.3, 0.4) is 0 Å². The number of aromatic amines is 1. The van der Waals surface area contributed by atoms with Crippen LogP contribution in [0.5, 0.6) is 0 Å². The Bertz CT molecular complexity index is 802. The van der Waals surface area contributed by atoms with Crippen LogP contribution in [-0.4, -0.2) is 30.4 Å². The summed E-state index contributed by atoms with van der Waals surface area (Å²) in [5.74, 6) is 0.0780. The smallest absolute Gasteiger partial charge is 0.316 e. The van der Waals surface area contributed by atoms with E-state index >= 15 is 0 Å². The monoisotopic (exact) mass is 430 g/mol. The lowest BCUT2D eigenvalue weighted by atomic mass is 9.98. The fourth-order valence-corrected chi connectivity index (χ4v) is 3.14. The Morgan fingerprint density at radius 3 is 2.11 bits per heavy atom. The topological polar surface area (TPSA) is 82.6 Å². The molecule has 28 heavy (non-hydrogen) atoms. The van der Waals surface area contributed by atoms with Crippen LogP contribution in [0, 0.1) is 0 Å². The molecular formula is C19H32N2O5P2. The highest BCUT2D eigenvalue weighted by atomic mass is 31.2. The van der Waals surface area contributed by atoms with E-state index in [0.717, 1.165) is 11.3 Å². The van der Waals surface area contributed by atoms with Gasteiger partial charge in [-0.25, -0.2) is 4.79 Å². The molecule has 2 rings (SSSR count). The van der Waals surface area contributed by atoms with Gasteiger partial charge in [-0.3, -0.25) is 9.78 Å². The predicted octanol–water partition coefficient (Wildman–Crippen LogP) is 3.39. The molecule has 0 aliphatic heterocycles. The van der Waals surface area contributed by atoms with Crippen LogP contribution in [0.4, 0.5) is 0 Å². The summed E-state index contributed by atoms with van der Waals surface area (Å²) in [5.41, 5.74) is 1.93. The molecule has 0 saturated heterocycles. The Hall–Kier alpha value is -1.36. The second kappa shape index (κ2) is 13.8. The van der Waals surface area contributed by atoms with E-state index in [9.17, 15) is 9.59 Å². The minimum Gasteiger partial charge on any atom is -0.316 e. The zero-order chi connectivity index (χ0) is 20.4. The summed E-state index contributed by atoms with van der Waals surface area (Å²) in [7, 11) is 3.76. The van der Waals surface area contributed by atoms with E-state index in [-0.39, 0.29) is 27.1 Å². The van der Waals surface area contributed by atoms with Gasteiger partial charge < -0.3 is 18.1 Å². The van der Waals surface area contributed by atoms with Crippen LogP contribution >= 0.6 is 18.5 Å². The Morgan fingerprint density at radius 2 is 1.68 bits per heavy atom. The van der Waals surface area contributed by atoms with E-state index in [1.54, 1.807) is 21.3 Å². The molecule has 0 aliphatic rings. The molecular weight excluding hydrogens is 398 g/mol. The van der Waals surface area contributed by atoms with E-state index in [2.05, 4.69) is 4.98 Å². The average molecular weight is 430 g/mol. The zero-order valence-corrected chi connectivity index (χ0v) is 19.8. The number of nitrogens with zero attached hydrogens (tertiary/aromatic N) is 1. The molecule has 0 amide bonds. The van der Waals surface area contributed by atoms with E-state index in [4.69, 9.17) is 13.6 Å². The molecule has 1 aromatic heterocycles. The molecule has 1 N–H and O–H groups in total. The second-order valence-electron chi connectivity index (χ2n) is 6.00. The van der Waals surface area contributed by atoms with Crippen molar-refractivity contribution in [3.05, 3.63) is 68.0 Å². The normalized spacial score (nSPS) is 10.4. The van der Waals surface area contributed by atoms with Gasteiger partial charge in [-0.15, -0.1) is 0 Å². The molecule has 2 aromatic rings. The van der Waals surface area contributed by atoms with Crippen LogP contribution in [-0.2, 0) is 27.0 Å². The molecule has 1 heterocycles. The van der Waals surface area contributed by atoms with Gasteiger partial charge in [0.2, 0.25) is 0 Å². The zero-order valence-electron chi connectivity index (χ0n) is 17.5. The van der Waals surface area contributed by atoms with E-state index < -0.39 is 8.60 Å². The maximum absolute atomic E-state index is 12.0. The van der Waals surface area contributed by atoms with Crippen molar-refractivity contribution in [2.45, 2.75) is 33.1 Å². The number of hydrogen-bond donors (Lipinski definition) is 1. The lowest BCUT2D eigenvalue weighted by molar-refractivity contribution is 0.214. The third-order valence-electron chi connectivity index (χ3n) is 3.81. The maximum Gasteiger partial charge on any atom is 0.332 e. The summed E-state index contributed by atoms with van der Waals surface area (Å²) in [4.78, 5) is 26.1. The van der Waals surface area contributed by atoms with Crippen LogP contribution in [0.15, 0.2) is 39.9 Å². The number of hydrogen-bond acceptors (Lipinski definition) is 5. The van der Waals surface area contributed by atoms with Gasteiger partial charge in [0.25, 0.3) is 5.56 Å². The van der Waals surface area contributed by atoms with Gasteiger partial charge in [-0.1, -0.05) is 44.2 Å². The highest BCUT2D eigenvalue weighted by Crippen LogP contribution is 2.36. The fourth-order valence-electron chi connectivity index (χ4n) is 2.57. The SMILES string of the molecule is CC(C)c1c(Cc2ccccc2)n(C)c(=O)[nH]c1=O.CCOP(OC)OC.P. The number of benzene rings is 1. The summed E-state index contributed by atoms with van der Waals surface area (Å²) < 4.78 is 16.0. The molecule has 9 heteroatoms. The molecule has 0 saturated carbocycles. The van der Waals surface area contributed by atoms with Crippen LogP contribution in [0.2, 0.25) is 0 Å². The van der Waals surface area contributed by atoms with Crippen molar-refractivity contribution in [2.24, 2.45) is 7.05 Å². The van der Waals surface area contributed by atoms with Gasteiger partial charge in [0.1, 0.15) is 0 Å². The predicted molar refractivity (Wildman–Crippen MR) is 119 cm³/mol. The van der Waals surface area contributed by atoms with E-state index in [1.807, 2.05) is 51.1 Å². The lowest BCUT2D eigenvalue weighted by Crippen LogP contribution is -2.34. The highest BCUT2D eigenvalue weighted by molar-refractivity contribution is 7.41. The fraction of sp³-hybridized carbons (Fsp3) is 0.474. The second-order valence-corrected chi connectivity index (χ2v) is 7.44. The van der Waals surface area contributed by atoms with Gasteiger partial charge in [0.15, 0.2) is 0 Å². The van der Waals surface area contributed by atoms with Crippen molar-refractivity contribution in [3.63, 3.8) is 0 Å². The Balaban J connectivity index is 0.000000694. The Labute approximate surface area is 171 Å². The summed E-state index contributed by atoms with van der Waals surface area (Å²) in [6, 6.07) is 9.85. The average Bonchev–Trinajstić information content (AvgIpc) is 2.65. The summed E-state index contributed by atoms with van der Waals surface area (Å²) >= 11 is 0. The molecule has 0 radical (unpaired) electrons.